The van der Waals surface area contributed by atoms with Crippen LogP contribution in [0.4, 0.5) is 5.69 Å². The van der Waals surface area contributed by atoms with Crippen LogP contribution >= 0.6 is 0 Å². The maximum absolute atomic E-state index is 13.0. The highest BCUT2D eigenvalue weighted by Gasteiger charge is 2.20. The summed E-state index contributed by atoms with van der Waals surface area (Å²) in [5.41, 5.74) is 3.85. The van der Waals surface area contributed by atoms with Gasteiger partial charge in [-0.25, -0.2) is 0 Å². The highest BCUT2D eigenvalue weighted by molar-refractivity contribution is 5.94. The van der Waals surface area contributed by atoms with E-state index < -0.39 is 0 Å². The molecule has 0 unspecified atom stereocenters. The number of hydrogen-bond donors (Lipinski definition) is 0. The molecule has 0 radical (unpaired) electrons. The summed E-state index contributed by atoms with van der Waals surface area (Å²) in [5, 5.41) is 0. The predicted octanol–water partition coefficient (Wildman–Crippen LogP) is 5.41. The zero-order valence-electron chi connectivity index (χ0n) is 18.1. The number of amides is 1. The SMILES string of the molecule is CC(=O)c1ccc(-c2ccc(C(=O)N(C)Cc3ccccc3N3CCCCC3)o2)cc1. The van der Waals surface area contributed by atoms with Gasteiger partial charge in [-0.3, -0.25) is 9.59 Å². The number of para-hydroxylation sites is 1. The minimum atomic E-state index is -0.153. The Labute approximate surface area is 183 Å². The van der Waals surface area contributed by atoms with Gasteiger partial charge in [-0.05, 0) is 49.9 Å². The van der Waals surface area contributed by atoms with E-state index in [1.165, 1.54) is 31.9 Å². The van der Waals surface area contributed by atoms with Crippen LogP contribution in [-0.4, -0.2) is 36.7 Å². The minimum Gasteiger partial charge on any atom is -0.451 e. The van der Waals surface area contributed by atoms with E-state index in [1.807, 2.05) is 18.2 Å². The number of carbonyl (C=O) groups excluding carboxylic acids is 2. The quantitative estimate of drug-likeness (QED) is 0.504. The summed E-state index contributed by atoms with van der Waals surface area (Å²) in [5.74, 6) is 0.789. The van der Waals surface area contributed by atoms with Gasteiger partial charge in [-0.1, -0.05) is 42.5 Å². The summed E-state index contributed by atoms with van der Waals surface area (Å²) in [6.07, 6.45) is 3.71. The first-order chi connectivity index (χ1) is 15.0. The lowest BCUT2D eigenvalue weighted by molar-refractivity contribution is 0.0754. The average molecular weight is 417 g/mol. The van der Waals surface area contributed by atoms with Crippen molar-refractivity contribution < 1.29 is 14.0 Å². The molecule has 0 atom stereocenters. The average Bonchev–Trinajstić information content (AvgIpc) is 3.30. The molecule has 0 spiro atoms. The molecule has 0 N–H and O–H groups in total. The lowest BCUT2D eigenvalue weighted by Gasteiger charge is -2.31. The third-order valence-electron chi connectivity index (χ3n) is 5.84. The Bertz CT molecular complexity index is 1060. The van der Waals surface area contributed by atoms with E-state index in [4.69, 9.17) is 4.42 Å². The second-order valence-corrected chi connectivity index (χ2v) is 8.14. The molecule has 2 heterocycles. The molecule has 31 heavy (non-hydrogen) atoms. The molecule has 1 saturated heterocycles. The Balaban J connectivity index is 1.48. The number of hydrogen-bond acceptors (Lipinski definition) is 4. The second kappa shape index (κ2) is 9.21. The number of carbonyl (C=O) groups is 2. The van der Waals surface area contributed by atoms with Crippen LogP contribution in [0.5, 0.6) is 0 Å². The summed E-state index contributed by atoms with van der Waals surface area (Å²) >= 11 is 0. The summed E-state index contributed by atoms with van der Waals surface area (Å²) < 4.78 is 5.85. The standard InChI is InChI=1S/C26H28N2O3/c1-19(29)20-10-12-21(13-11-20)24-14-15-25(31-24)26(30)27(2)18-22-8-4-5-9-23(22)28-16-6-3-7-17-28/h4-5,8-15H,3,6-7,16-18H2,1-2H3. The van der Waals surface area contributed by atoms with Crippen LogP contribution in [0.2, 0.25) is 0 Å². The normalized spacial score (nSPS) is 13.8. The highest BCUT2D eigenvalue weighted by atomic mass is 16.4. The molecule has 4 rings (SSSR count). The fourth-order valence-electron chi connectivity index (χ4n) is 4.08. The van der Waals surface area contributed by atoms with Gasteiger partial charge in [-0.15, -0.1) is 0 Å². The Morgan fingerprint density at radius 2 is 1.65 bits per heavy atom. The van der Waals surface area contributed by atoms with Crippen LogP contribution < -0.4 is 4.90 Å². The molecule has 160 valence electrons. The number of ketones is 1. The van der Waals surface area contributed by atoms with E-state index in [9.17, 15) is 9.59 Å². The third-order valence-corrected chi connectivity index (χ3v) is 5.84. The van der Waals surface area contributed by atoms with Gasteiger partial charge in [-0.2, -0.15) is 0 Å². The largest absolute Gasteiger partial charge is 0.451 e. The molecule has 3 aromatic rings. The van der Waals surface area contributed by atoms with Crippen LogP contribution in [0.25, 0.3) is 11.3 Å². The van der Waals surface area contributed by atoms with Crippen LogP contribution in [0.15, 0.2) is 65.1 Å². The van der Waals surface area contributed by atoms with E-state index in [2.05, 4.69) is 23.1 Å². The van der Waals surface area contributed by atoms with Gasteiger partial charge in [0.2, 0.25) is 0 Å². The lowest BCUT2D eigenvalue weighted by atomic mass is 10.1. The van der Waals surface area contributed by atoms with Gasteiger partial charge in [0.1, 0.15) is 5.76 Å². The van der Waals surface area contributed by atoms with E-state index in [1.54, 1.807) is 36.2 Å². The number of Topliss-reactive ketones (excluding diaryl/α,β-unsaturated/α-hetero) is 1. The molecule has 0 bridgehead atoms. The molecule has 1 aliphatic heterocycles. The van der Waals surface area contributed by atoms with Crippen molar-refractivity contribution in [2.24, 2.45) is 0 Å². The zero-order valence-corrected chi connectivity index (χ0v) is 18.1. The summed E-state index contributed by atoms with van der Waals surface area (Å²) in [6.45, 7) is 4.20. The summed E-state index contributed by atoms with van der Waals surface area (Å²) in [4.78, 5) is 28.6. The molecular formula is C26H28N2O3. The minimum absolute atomic E-state index is 0.0216. The van der Waals surface area contributed by atoms with E-state index in [0.717, 1.165) is 24.2 Å². The van der Waals surface area contributed by atoms with Crippen molar-refractivity contribution in [3.8, 4) is 11.3 Å². The molecule has 1 amide bonds. The second-order valence-electron chi connectivity index (χ2n) is 8.14. The topological polar surface area (TPSA) is 53.8 Å². The summed E-state index contributed by atoms with van der Waals surface area (Å²) in [7, 11) is 1.80. The Hall–Kier alpha value is -3.34. The highest BCUT2D eigenvalue weighted by Crippen LogP contribution is 2.27. The predicted molar refractivity (Wildman–Crippen MR) is 122 cm³/mol. The van der Waals surface area contributed by atoms with Gasteiger partial charge >= 0.3 is 0 Å². The van der Waals surface area contributed by atoms with Gasteiger partial charge < -0.3 is 14.2 Å². The number of anilines is 1. The van der Waals surface area contributed by atoms with Crippen molar-refractivity contribution in [3.63, 3.8) is 0 Å². The van der Waals surface area contributed by atoms with Crippen LogP contribution in [0, 0.1) is 0 Å². The van der Waals surface area contributed by atoms with Crippen LogP contribution in [-0.2, 0) is 6.54 Å². The molecule has 1 aliphatic rings. The number of piperidine rings is 1. The van der Waals surface area contributed by atoms with Crippen molar-refractivity contribution in [2.75, 3.05) is 25.0 Å². The van der Waals surface area contributed by atoms with Crippen molar-refractivity contribution in [1.29, 1.82) is 0 Å². The van der Waals surface area contributed by atoms with Crippen LogP contribution in [0.3, 0.4) is 0 Å². The van der Waals surface area contributed by atoms with Gasteiger partial charge in [0.25, 0.3) is 5.91 Å². The Morgan fingerprint density at radius 3 is 2.35 bits per heavy atom. The van der Waals surface area contributed by atoms with Crippen molar-refractivity contribution in [3.05, 3.63) is 77.6 Å². The van der Waals surface area contributed by atoms with E-state index >= 15 is 0 Å². The van der Waals surface area contributed by atoms with Gasteiger partial charge in [0.05, 0.1) is 0 Å². The molecule has 0 saturated carbocycles. The fourth-order valence-corrected chi connectivity index (χ4v) is 4.08. The molecule has 2 aromatic carbocycles. The number of furan rings is 1. The maximum Gasteiger partial charge on any atom is 0.289 e. The first kappa shape index (κ1) is 20.9. The first-order valence-electron chi connectivity index (χ1n) is 10.8. The van der Waals surface area contributed by atoms with Crippen LogP contribution in [0.1, 0.15) is 52.7 Å². The first-order valence-corrected chi connectivity index (χ1v) is 10.8. The van der Waals surface area contributed by atoms with E-state index in [-0.39, 0.29) is 11.7 Å². The van der Waals surface area contributed by atoms with Crippen molar-refractivity contribution in [2.45, 2.75) is 32.7 Å². The number of nitrogens with zero attached hydrogens (tertiary/aromatic N) is 2. The molecular weight excluding hydrogens is 388 g/mol. The number of rotatable bonds is 6. The number of benzene rings is 2. The van der Waals surface area contributed by atoms with Gasteiger partial charge in [0, 0.05) is 43.5 Å². The molecule has 1 aromatic heterocycles. The Kier molecular flexibility index (Phi) is 6.21. The van der Waals surface area contributed by atoms with Crippen molar-refractivity contribution in [1.82, 2.24) is 4.90 Å². The molecule has 5 nitrogen and oxygen atoms in total. The molecule has 1 fully saturated rings. The smallest absolute Gasteiger partial charge is 0.289 e. The zero-order chi connectivity index (χ0) is 21.8. The Morgan fingerprint density at radius 1 is 0.935 bits per heavy atom. The third kappa shape index (κ3) is 4.71. The molecule has 0 aliphatic carbocycles. The van der Waals surface area contributed by atoms with E-state index in [0.29, 0.717) is 23.6 Å². The van der Waals surface area contributed by atoms with Crippen molar-refractivity contribution >= 4 is 17.4 Å². The van der Waals surface area contributed by atoms with Gasteiger partial charge in [0.15, 0.2) is 11.5 Å². The summed E-state index contributed by atoms with van der Waals surface area (Å²) in [6, 6.07) is 19.0. The fraction of sp³-hybridized carbons (Fsp3) is 0.308. The lowest BCUT2D eigenvalue weighted by Crippen LogP contribution is -2.32. The maximum atomic E-state index is 13.0. The monoisotopic (exact) mass is 416 g/mol. The molecule has 5 heteroatoms.